The summed E-state index contributed by atoms with van der Waals surface area (Å²) in [6, 6.07) is 4.15. The summed E-state index contributed by atoms with van der Waals surface area (Å²) in [4.78, 5) is 37.4. The third-order valence-corrected chi connectivity index (χ3v) is 7.84. The van der Waals surface area contributed by atoms with Gasteiger partial charge in [-0.15, -0.1) is 0 Å². The highest BCUT2D eigenvalue weighted by molar-refractivity contribution is 7.99. The minimum atomic E-state index is -0.410. The summed E-state index contributed by atoms with van der Waals surface area (Å²) in [5.41, 5.74) is 1.51. The second-order valence-corrected chi connectivity index (χ2v) is 10.7. The number of nitrogens with one attached hydrogen (secondary N) is 1. The summed E-state index contributed by atoms with van der Waals surface area (Å²) in [6.45, 7) is 9.76. The van der Waals surface area contributed by atoms with Gasteiger partial charge in [0, 0.05) is 24.8 Å². The van der Waals surface area contributed by atoms with Gasteiger partial charge < -0.3 is 10.2 Å². The molecule has 1 amide bonds. The molecule has 3 heterocycles. The Morgan fingerprint density at radius 3 is 2.73 bits per heavy atom. The van der Waals surface area contributed by atoms with Gasteiger partial charge in [-0.2, -0.15) is 4.98 Å². The Labute approximate surface area is 200 Å². The lowest BCUT2D eigenvalue weighted by Gasteiger charge is -2.29. The zero-order valence-electron chi connectivity index (χ0n) is 19.2. The number of fused-ring (bicyclic) bond motifs is 1. The van der Waals surface area contributed by atoms with Crippen LogP contribution in [-0.4, -0.2) is 39.3 Å². The molecule has 0 spiro atoms. The molecule has 3 aromatic rings. The molecule has 10 heteroatoms. The number of thioether (sulfide) groups is 1. The number of anilines is 2. The van der Waals surface area contributed by atoms with Crippen molar-refractivity contribution in [3.8, 4) is 0 Å². The Hall–Kier alpha value is -2.46. The molecule has 0 radical (unpaired) electrons. The van der Waals surface area contributed by atoms with Gasteiger partial charge in [0.05, 0.1) is 5.75 Å². The number of carbonyl (C=O) groups is 1. The first kappa shape index (κ1) is 23.7. The molecule has 0 bridgehead atoms. The average molecular weight is 490 g/mol. The predicted octanol–water partition coefficient (Wildman–Crippen LogP) is 4.85. The fourth-order valence-electron chi connectivity index (χ4n) is 3.79. The van der Waals surface area contributed by atoms with Gasteiger partial charge in [-0.3, -0.25) is 14.2 Å². The zero-order chi connectivity index (χ0) is 23.7. The minimum absolute atomic E-state index is 0.0433. The topological polar surface area (TPSA) is 80.1 Å². The van der Waals surface area contributed by atoms with Gasteiger partial charge in [0.15, 0.2) is 15.9 Å². The molecule has 4 rings (SSSR count). The van der Waals surface area contributed by atoms with E-state index >= 15 is 0 Å². The average Bonchev–Trinajstić information content (AvgIpc) is 3.19. The maximum Gasteiger partial charge on any atom is 0.274 e. The lowest BCUT2D eigenvalue weighted by atomic mass is 10.00. The molecule has 0 saturated carbocycles. The zero-order valence-corrected chi connectivity index (χ0v) is 20.9. The Morgan fingerprint density at radius 2 is 2.03 bits per heavy atom. The lowest BCUT2D eigenvalue weighted by molar-refractivity contribution is -0.113. The van der Waals surface area contributed by atoms with Crippen LogP contribution in [0.3, 0.4) is 0 Å². The number of amides is 1. The third kappa shape index (κ3) is 5.22. The Kier molecular flexibility index (Phi) is 7.04. The van der Waals surface area contributed by atoms with Crippen molar-refractivity contribution in [1.82, 2.24) is 14.5 Å². The van der Waals surface area contributed by atoms with Gasteiger partial charge in [-0.25, -0.2) is 9.37 Å². The Bertz CT molecular complexity index is 1230. The van der Waals surface area contributed by atoms with E-state index in [0.717, 1.165) is 36.6 Å². The van der Waals surface area contributed by atoms with Crippen molar-refractivity contribution in [2.45, 2.75) is 51.7 Å². The molecule has 0 atom stereocenters. The molecule has 2 aromatic heterocycles. The summed E-state index contributed by atoms with van der Waals surface area (Å²) < 4.78 is 15.7. The van der Waals surface area contributed by atoms with E-state index in [1.807, 2.05) is 13.8 Å². The molecule has 1 saturated heterocycles. The number of carbonyl (C=O) groups excluding carboxylic acids is 1. The maximum absolute atomic E-state index is 13.5. The van der Waals surface area contributed by atoms with E-state index in [4.69, 9.17) is 0 Å². The number of nitrogens with zero attached hydrogens (tertiary/aromatic N) is 4. The largest absolute Gasteiger partial charge is 0.348 e. The van der Waals surface area contributed by atoms with E-state index in [1.165, 1.54) is 35.2 Å². The van der Waals surface area contributed by atoms with E-state index < -0.39 is 5.82 Å². The first-order valence-electron chi connectivity index (χ1n) is 11.1. The van der Waals surface area contributed by atoms with Crippen molar-refractivity contribution in [2.75, 3.05) is 29.1 Å². The van der Waals surface area contributed by atoms with Gasteiger partial charge in [0.1, 0.15) is 10.5 Å². The third-order valence-electron chi connectivity index (χ3n) is 5.80. The molecule has 1 fully saturated rings. The number of halogens is 1. The van der Waals surface area contributed by atoms with E-state index in [-0.39, 0.29) is 23.3 Å². The molecule has 1 aliphatic heterocycles. The number of benzene rings is 1. The van der Waals surface area contributed by atoms with Gasteiger partial charge >= 0.3 is 0 Å². The summed E-state index contributed by atoms with van der Waals surface area (Å²) in [5, 5.41) is 4.03. The summed E-state index contributed by atoms with van der Waals surface area (Å²) in [6.07, 6.45) is 2.22. The van der Waals surface area contributed by atoms with Crippen LogP contribution in [0.15, 0.2) is 28.2 Å². The molecule has 0 aliphatic carbocycles. The SMILES string of the molecule is Cc1ccc(F)cc1NC(=O)CSc1nc2nc(N3CCC(C)CC3)sc2c(=O)n1C(C)C. The first-order valence-corrected chi connectivity index (χ1v) is 12.9. The smallest absolute Gasteiger partial charge is 0.274 e. The van der Waals surface area contributed by atoms with Gasteiger partial charge in [-0.05, 0) is 57.2 Å². The van der Waals surface area contributed by atoms with E-state index in [1.54, 1.807) is 17.6 Å². The highest BCUT2D eigenvalue weighted by atomic mass is 32.2. The van der Waals surface area contributed by atoms with Gasteiger partial charge in [0.25, 0.3) is 5.56 Å². The van der Waals surface area contributed by atoms with Crippen LogP contribution in [0.1, 0.15) is 45.2 Å². The number of piperidine rings is 1. The molecule has 1 aromatic carbocycles. The van der Waals surface area contributed by atoms with E-state index in [9.17, 15) is 14.0 Å². The van der Waals surface area contributed by atoms with Crippen LogP contribution in [0.25, 0.3) is 10.3 Å². The first-order chi connectivity index (χ1) is 15.7. The Morgan fingerprint density at radius 1 is 1.30 bits per heavy atom. The quantitative estimate of drug-likeness (QED) is 0.394. The highest BCUT2D eigenvalue weighted by Gasteiger charge is 2.23. The molecule has 176 valence electrons. The minimum Gasteiger partial charge on any atom is -0.348 e. The molecule has 33 heavy (non-hydrogen) atoms. The fraction of sp³-hybridized carbons (Fsp3) is 0.478. The number of rotatable bonds is 6. The van der Waals surface area contributed by atoms with Crippen LogP contribution >= 0.6 is 23.1 Å². The number of hydrogen-bond acceptors (Lipinski definition) is 7. The number of aryl methyl sites for hydroxylation is 1. The highest BCUT2D eigenvalue weighted by Crippen LogP contribution is 2.31. The number of thiazole rings is 1. The number of hydrogen-bond donors (Lipinski definition) is 1. The second kappa shape index (κ2) is 9.80. The molecular weight excluding hydrogens is 461 g/mol. The summed E-state index contributed by atoms with van der Waals surface area (Å²) in [5.74, 6) is 0.0468. The maximum atomic E-state index is 13.5. The standard InChI is InChI=1S/C23H28FN5O2S2/c1-13(2)29-21(31)19-20(26-22(33-19)28-9-7-14(3)8-10-28)27-23(29)32-12-18(30)25-17-11-16(24)6-5-15(17)4/h5-6,11,13-14H,7-10,12H2,1-4H3,(H,25,30). The van der Waals surface area contributed by atoms with Crippen LogP contribution in [0.4, 0.5) is 15.2 Å². The van der Waals surface area contributed by atoms with Crippen molar-refractivity contribution < 1.29 is 9.18 Å². The van der Waals surface area contributed by atoms with Gasteiger partial charge in [-0.1, -0.05) is 36.1 Å². The normalized spacial score (nSPS) is 14.9. The van der Waals surface area contributed by atoms with Crippen molar-refractivity contribution in [2.24, 2.45) is 5.92 Å². The van der Waals surface area contributed by atoms with Crippen LogP contribution < -0.4 is 15.8 Å². The molecule has 7 nitrogen and oxygen atoms in total. The van der Waals surface area contributed by atoms with Crippen LogP contribution in [-0.2, 0) is 4.79 Å². The van der Waals surface area contributed by atoms with Crippen molar-refractivity contribution in [3.63, 3.8) is 0 Å². The second-order valence-electron chi connectivity index (χ2n) is 8.78. The van der Waals surface area contributed by atoms with Crippen LogP contribution in [0, 0.1) is 18.7 Å². The summed E-state index contributed by atoms with van der Waals surface area (Å²) in [7, 11) is 0. The van der Waals surface area contributed by atoms with Crippen molar-refractivity contribution in [3.05, 3.63) is 39.9 Å². The van der Waals surface area contributed by atoms with Crippen molar-refractivity contribution >= 4 is 50.2 Å². The van der Waals surface area contributed by atoms with Crippen LogP contribution in [0.2, 0.25) is 0 Å². The van der Waals surface area contributed by atoms with E-state index in [0.29, 0.717) is 27.1 Å². The predicted molar refractivity (Wildman–Crippen MR) is 133 cm³/mol. The van der Waals surface area contributed by atoms with Crippen LogP contribution in [0.5, 0.6) is 0 Å². The number of aromatic nitrogens is 3. The molecule has 1 aliphatic rings. The van der Waals surface area contributed by atoms with Gasteiger partial charge in [0.2, 0.25) is 5.91 Å². The molecule has 1 N–H and O–H groups in total. The fourth-order valence-corrected chi connectivity index (χ4v) is 5.71. The Balaban J connectivity index is 1.57. The molecule has 0 unspecified atom stereocenters. The van der Waals surface area contributed by atoms with Crippen molar-refractivity contribution in [1.29, 1.82) is 0 Å². The van der Waals surface area contributed by atoms with E-state index in [2.05, 4.69) is 27.1 Å². The monoisotopic (exact) mass is 489 g/mol. The molecular formula is C23H28FN5O2S2. The summed E-state index contributed by atoms with van der Waals surface area (Å²) >= 11 is 2.58. The lowest BCUT2D eigenvalue weighted by Crippen LogP contribution is -2.32.